The number of aryl methyl sites for hydroxylation is 1. The topological polar surface area (TPSA) is 46.9 Å². The lowest BCUT2D eigenvalue weighted by atomic mass is 10.0. The van der Waals surface area contributed by atoms with Crippen LogP contribution in [0.2, 0.25) is 0 Å². The highest BCUT2D eigenvalue weighted by Crippen LogP contribution is 2.28. The fourth-order valence-electron chi connectivity index (χ4n) is 3.39. The number of carbonyl (C=O) groups excluding carboxylic acids is 1. The van der Waals surface area contributed by atoms with Crippen LogP contribution in [-0.4, -0.2) is 28.5 Å². The van der Waals surface area contributed by atoms with Gasteiger partial charge in [0.15, 0.2) is 0 Å². The monoisotopic (exact) mass is 349 g/mol. The molecule has 4 nitrogen and oxygen atoms in total. The largest absolute Gasteiger partial charge is 0.313 e. The maximum Gasteiger partial charge on any atom is 0.231 e. The van der Waals surface area contributed by atoms with Gasteiger partial charge in [0.1, 0.15) is 5.82 Å². The van der Waals surface area contributed by atoms with Gasteiger partial charge < -0.3 is 5.32 Å². The van der Waals surface area contributed by atoms with Gasteiger partial charge in [0.2, 0.25) is 5.91 Å². The van der Waals surface area contributed by atoms with Crippen molar-refractivity contribution in [3.05, 3.63) is 71.8 Å². The molecule has 0 bridgehead atoms. The molecule has 0 radical (unpaired) electrons. The Morgan fingerprint density at radius 1 is 1.23 bits per heavy atom. The lowest BCUT2D eigenvalue weighted by Gasteiger charge is -2.12. The van der Waals surface area contributed by atoms with Crippen LogP contribution < -0.4 is 5.32 Å². The average Bonchev–Trinajstić information content (AvgIpc) is 3.08. The van der Waals surface area contributed by atoms with E-state index in [-0.39, 0.29) is 11.7 Å². The van der Waals surface area contributed by atoms with E-state index in [4.69, 9.17) is 0 Å². The van der Waals surface area contributed by atoms with Gasteiger partial charge in [-0.05, 0) is 54.8 Å². The molecule has 4 rings (SSSR count). The third-order valence-corrected chi connectivity index (χ3v) is 4.78. The van der Waals surface area contributed by atoms with Gasteiger partial charge in [-0.3, -0.25) is 14.3 Å². The number of aromatic nitrogens is 2. The summed E-state index contributed by atoms with van der Waals surface area (Å²) in [4.78, 5) is 17.3. The van der Waals surface area contributed by atoms with Crippen LogP contribution in [0.15, 0.2) is 54.9 Å². The molecule has 0 saturated carbocycles. The Labute approximate surface area is 151 Å². The van der Waals surface area contributed by atoms with E-state index < -0.39 is 0 Å². The Hall–Kier alpha value is -2.79. The Morgan fingerprint density at radius 3 is 2.85 bits per heavy atom. The molecule has 0 aliphatic carbocycles. The molecule has 0 unspecified atom stereocenters. The van der Waals surface area contributed by atoms with Crippen molar-refractivity contribution in [2.24, 2.45) is 0 Å². The van der Waals surface area contributed by atoms with Crippen molar-refractivity contribution in [1.82, 2.24) is 14.9 Å². The van der Waals surface area contributed by atoms with E-state index in [1.165, 1.54) is 17.7 Å². The quantitative estimate of drug-likeness (QED) is 0.779. The van der Waals surface area contributed by atoms with Crippen molar-refractivity contribution >= 4 is 22.5 Å². The summed E-state index contributed by atoms with van der Waals surface area (Å²) in [5.74, 6) is -0.240. The Morgan fingerprint density at radius 2 is 2.08 bits per heavy atom. The number of halogens is 1. The molecule has 1 N–H and O–H groups in total. The molecule has 3 heterocycles. The molecule has 3 aromatic rings. The summed E-state index contributed by atoms with van der Waals surface area (Å²) in [6.07, 6.45) is 7.73. The molecule has 0 amide bonds. The van der Waals surface area contributed by atoms with Gasteiger partial charge in [0.05, 0.1) is 11.0 Å². The summed E-state index contributed by atoms with van der Waals surface area (Å²) in [5, 5.41) is 3.31. The minimum absolute atomic E-state index is 0.0214. The standard InChI is InChI=1S/C21H20FN3O/c22-17-6-3-15(4-7-17)5-8-20(26)25-14-18(16-9-12-23-13-10-16)21-19(25)2-1-11-24-21/h1-4,6-7,9,11,14,23H,5,8,10,12-13H2. The lowest BCUT2D eigenvalue weighted by molar-refractivity contribution is 0.0908. The molecule has 0 saturated heterocycles. The highest BCUT2D eigenvalue weighted by atomic mass is 19.1. The molecule has 1 aliphatic heterocycles. The van der Waals surface area contributed by atoms with E-state index in [1.807, 2.05) is 18.3 Å². The minimum Gasteiger partial charge on any atom is -0.313 e. The van der Waals surface area contributed by atoms with Crippen LogP contribution >= 0.6 is 0 Å². The third-order valence-electron chi connectivity index (χ3n) is 4.78. The summed E-state index contributed by atoms with van der Waals surface area (Å²) < 4.78 is 14.7. The first-order chi connectivity index (χ1) is 12.7. The molecular weight excluding hydrogens is 329 g/mol. The number of benzene rings is 1. The van der Waals surface area contributed by atoms with Crippen molar-refractivity contribution < 1.29 is 9.18 Å². The molecule has 0 fully saturated rings. The fraction of sp³-hybridized carbons (Fsp3) is 0.238. The van der Waals surface area contributed by atoms with Gasteiger partial charge in [0.25, 0.3) is 0 Å². The molecule has 132 valence electrons. The van der Waals surface area contributed by atoms with Gasteiger partial charge in [-0.2, -0.15) is 0 Å². The van der Waals surface area contributed by atoms with E-state index in [0.717, 1.165) is 41.7 Å². The van der Waals surface area contributed by atoms with E-state index in [2.05, 4.69) is 16.4 Å². The van der Waals surface area contributed by atoms with Gasteiger partial charge in [-0.1, -0.05) is 18.2 Å². The van der Waals surface area contributed by atoms with E-state index in [0.29, 0.717) is 12.8 Å². The molecule has 0 spiro atoms. The number of pyridine rings is 1. The van der Waals surface area contributed by atoms with Crippen LogP contribution in [0.1, 0.15) is 28.8 Å². The van der Waals surface area contributed by atoms with Crippen molar-refractivity contribution in [2.75, 3.05) is 13.1 Å². The number of rotatable bonds is 4. The predicted octanol–water partition coefficient (Wildman–Crippen LogP) is 3.83. The van der Waals surface area contributed by atoms with Crippen LogP contribution in [0, 0.1) is 5.82 Å². The van der Waals surface area contributed by atoms with Crippen LogP contribution in [0.5, 0.6) is 0 Å². The fourth-order valence-corrected chi connectivity index (χ4v) is 3.39. The van der Waals surface area contributed by atoms with Crippen molar-refractivity contribution in [2.45, 2.75) is 19.3 Å². The van der Waals surface area contributed by atoms with E-state index in [9.17, 15) is 9.18 Å². The van der Waals surface area contributed by atoms with Crippen LogP contribution in [0.25, 0.3) is 16.6 Å². The highest BCUT2D eigenvalue weighted by molar-refractivity contribution is 5.97. The maximum atomic E-state index is 13.0. The van der Waals surface area contributed by atoms with E-state index in [1.54, 1.807) is 22.9 Å². The molecule has 26 heavy (non-hydrogen) atoms. The van der Waals surface area contributed by atoms with Crippen LogP contribution in [0.3, 0.4) is 0 Å². The van der Waals surface area contributed by atoms with Crippen molar-refractivity contribution in [1.29, 1.82) is 0 Å². The summed E-state index contributed by atoms with van der Waals surface area (Å²) in [6, 6.07) is 10.1. The number of carbonyl (C=O) groups is 1. The second kappa shape index (κ2) is 7.22. The summed E-state index contributed by atoms with van der Waals surface area (Å²) in [5.41, 5.74) is 4.94. The van der Waals surface area contributed by atoms with Gasteiger partial charge in [-0.25, -0.2) is 4.39 Å². The highest BCUT2D eigenvalue weighted by Gasteiger charge is 2.17. The van der Waals surface area contributed by atoms with Crippen molar-refractivity contribution in [3.63, 3.8) is 0 Å². The number of hydrogen-bond donors (Lipinski definition) is 1. The lowest BCUT2D eigenvalue weighted by Crippen LogP contribution is -2.20. The van der Waals surface area contributed by atoms with Crippen LogP contribution in [0.4, 0.5) is 4.39 Å². The Bertz CT molecular complexity index is 973. The smallest absolute Gasteiger partial charge is 0.231 e. The molecular formula is C21H20FN3O. The normalized spacial score (nSPS) is 14.4. The van der Waals surface area contributed by atoms with E-state index >= 15 is 0 Å². The number of fused-ring (bicyclic) bond motifs is 1. The molecule has 1 aromatic carbocycles. The third kappa shape index (κ3) is 3.30. The van der Waals surface area contributed by atoms with Gasteiger partial charge in [-0.15, -0.1) is 0 Å². The molecule has 5 heteroatoms. The second-order valence-electron chi connectivity index (χ2n) is 6.49. The minimum atomic E-state index is -0.262. The summed E-state index contributed by atoms with van der Waals surface area (Å²) >= 11 is 0. The first-order valence-corrected chi connectivity index (χ1v) is 8.86. The summed E-state index contributed by atoms with van der Waals surface area (Å²) in [7, 11) is 0. The van der Waals surface area contributed by atoms with Crippen molar-refractivity contribution in [3.8, 4) is 0 Å². The zero-order valence-electron chi connectivity index (χ0n) is 14.4. The zero-order valence-corrected chi connectivity index (χ0v) is 14.4. The number of nitrogens with zero attached hydrogens (tertiary/aromatic N) is 2. The SMILES string of the molecule is O=C(CCc1ccc(F)cc1)n1cc(C2=CCNCC2)c2ncccc21. The first-order valence-electron chi connectivity index (χ1n) is 8.86. The maximum absolute atomic E-state index is 13.0. The zero-order chi connectivity index (χ0) is 17.9. The van der Waals surface area contributed by atoms with Crippen LogP contribution in [-0.2, 0) is 6.42 Å². The number of hydrogen-bond acceptors (Lipinski definition) is 3. The van der Waals surface area contributed by atoms with Gasteiger partial charge >= 0.3 is 0 Å². The van der Waals surface area contributed by atoms with Gasteiger partial charge in [0, 0.05) is 30.9 Å². The Kier molecular flexibility index (Phi) is 4.63. The average molecular weight is 349 g/mol. The number of nitrogens with one attached hydrogen (secondary N) is 1. The molecule has 1 aliphatic rings. The predicted molar refractivity (Wildman–Crippen MR) is 101 cm³/mol. The summed E-state index contributed by atoms with van der Waals surface area (Å²) in [6.45, 7) is 1.78. The Balaban J connectivity index is 1.62. The molecule has 0 atom stereocenters. The first kappa shape index (κ1) is 16.7. The second-order valence-corrected chi connectivity index (χ2v) is 6.49. The molecule has 2 aromatic heterocycles.